The van der Waals surface area contributed by atoms with Crippen molar-refractivity contribution in [2.75, 3.05) is 20.1 Å². The number of nitrogens with zero attached hydrogens (tertiary/aromatic N) is 5. The number of carbonyl (C=O) groups excluding carboxylic acids is 1. The van der Waals surface area contributed by atoms with E-state index in [-0.39, 0.29) is 17.8 Å². The van der Waals surface area contributed by atoms with Crippen molar-refractivity contribution in [3.8, 4) is 0 Å². The molecule has 2 aliphatic heterocycles. The molecule has 6 nitrogen and oxygen atoms in total. The van der Waals surface area contributed by atoms with Crippen LogP contribution < -0.4 is 0 Å². The lowest BCUT2D eigenvalue weighted by Gasteiger charge is -2.28. The minimum absolute atomic E-state index is 0.00222. The maximum atomic E-state index is 13.0. The summed E-state index contributed by atoms with van der Waals surface area (Å²) in [5, 5.41) is 8.74. The van der Waals surface area contributed by atoms with Crippen LogP contribution in [0.3, 0.4) is 0 Å². The van der Waals surface area contributed by atoms with Crippen LogP contribution in [0.4, 0.5) is 4.39 Å². The first kappa shape index (κ1) is 16.2. The van der Waals surface area contributed by atoms with Crippen molar-refractivity contribution in [1.82, 2.24) is 24.6 Å². The Morgan fingerprint density at radius 1 is 1.20 bits per heavy atom. The largest absolute Gasteiger partial charge is 0.332 e. The van der Waals surface area contributed by atoms with E-state index in [0.29, 0.717) is 6.42 Å². The van der Waals surface area contributed by atoms with E-state index in [1.807, 2.05) is 4.90 Å². The highest BCUT2D eigenvalue weighted by Crippen LogP contribution is 2.32. The first-order valence-corrected chi connectivity index (χ1v) is 8.76. The first-order valence-electron chi connectivity index (χ1n) is 8.76. The molecule has 0 saturated carbocycles. The number of hydrogen-bond acceptors (Lipinski definition) is 4. The molecule has 1 aromatic carbocycles. The average Bonchev–Trinajstić information content (AvgIpc) is 3.22. The van der Waals surface area contributed by atoms with E-state index < -0.39 is 0 Å². The molecule has 1 amide bonds. The lowest BCUT2D eigenvalue weighted by Crippen LogP contribution is -2.35. The zero-order valence-electron chi connectivity index (χ0n) is 14.4. The van der Waals surface area contributed by atoms with Crippen molar-refractivity contribution in [2.45, 2.75) is 38.4 Å². The summed E-state index contributed by atoms with van der Waals surface area (Å²) in [6, 6.07) is 6.14. The number of hydrogen-bond donors (Lipinski definition) is 0. The van der Waals surface area contributed by atoms with Crippen molar-refractivity contribution >= 4 is 5.91 Å². The third-order valence-corrected chi connectivity index (χ3v) is 5.11. The topological polar surface area (TPSA) is 54.3 Å². The third-order valence-electron chi connectivity index (χ3n) is 5.11. The zero-order valence-corrected chi connectivity index (χ0v) is 14.4. The van der Waals surface area contributed by atoms with Gasteiger partial charge in [-0.3, -0.25) is 9.69 Å². The summed E-state index contributed by atoms with van der Waals surface area (Å²) in [7, 11) is 2.08. The van der Waals surface area contributed by atoms with Crippen molar-refractivity contribution in [2.24, 2.45) is 0 Å². The van der Waals surface area contributed by atoms with E-state index in [0.717, 1.165) is 56.2 Å². The molecule has 7 heteroatoms. The molecule has 2 aliphatic rings. The lowest BCUT2D eigenvalue weighted by molar-refractivity contribution is -0.131. The molecule has 0 radical (unpaired) electrons. The van der Waals surface area contributed by atoms with Crippen LogP contribution in [0, 0.1) is 5.82 Å². The van der Waals surface area contributed by atoms with Crippen molar-refractivity contribution < 1.29 is 9.18 Å². The van der Waals surface area contributed by atoms with E-state index in [1.54, 1.807) is 12.1 Å². The SMILES string of the molecule is CN1CCn2c(nnc2C2CCCN2C(=O)Cc2ccc(F)cc2)C1. The second-order valence-electron chi connectivity index (χ2n) is 6.91. The molecular weight excluding hydrogens is 321 g/mol. The Balaban J connectivity index is 1.52. The standard InChI is InChI=1S/C18H22FN5O/c1-22-9-10-24-16(12-22)20-21-18(24)15-3-2-8-23(15)17(25)11-13-4-6-14(19)7-5-13/h4-7,15H,2-3,8-12H2,1H3. The van der Waals surface area contributed by atoms with Gasteiger partial charge in [0, 0.05) is 19.6 Å². The summed E-state index contributed by atoms with van der Waals surface area (Å²) in [5.74, 6) is 1.67. The molecule has 1 saturated heterocycles. The third kappa shape index (κ3) is 3.16. The maximum absolute atomic E-state index is 13.0. The van der Waals surface area contributed by atoms with E-state index in [4.69, 9.17) is 0 Å². The second kappa shape index (κ2) is 6.55. The van der Waals surface area contributed by atoms with Gasteiger partial charge in [-0.05, 0) is 37.6 Å². The number of aromatic nitrogens is 3. The van der Waals surface area contributed by atoms with Crippen LogP contribution in [0.1, 0.15) is 36.1 Å². The number of halogens is 1. The predicted molar refractivity (Wildman–Crippen MR) is 90.1 cm³/mol. The molecule has 1 unspecified atom stereocenters. The average molecular weight is 343 g/mol. The fourth-order valence-electron chi connectivity index (χ4n) is 3.76. The molecule has 1 atom stereocenters. The highest BCUT2D eigenvalue weighted by Gasteiger charge is 2.34. The normalized spacial score (nSPS) is 20.7. The smallest absolute Gasteiger partial charge is 0.227 e. The van der Waals surface area contributed by atoms with E-state index in [2.05, 4.69) is 26.7 Å². The molecular formula is C18H22FN5O. The summed E-state index contributed by atoms with van der Waals surface area (Å²) in [5.41, 5.74) is 0.835. The van der Waals surface area contributed by atoms with Gasteiger partial charge in [-0.1, -0.05) is 12.1 Å². The Morgan fingerprint density at radius 3 is 2.80 bits per heavy atom. The van der Waals surface area contributed by atoms with Gasteiger partial charge in [-0.25, -0.2) is 4.39 Å². The van der Waals surface area contributed by atoms with Crippen molar-refractivity contribution in [3.63, 3.8) is 0 Å². The van der Waals surface area contributed by atoms with E-state index in [1.165, 1.54) is 12.1 Å². The highest BCUT2D eigenvalue weighted by atomic mass is 19.1. The van der Waals surface area contributed by atoms with Gasteiger partial charge in [0.15, 0.2) is 5.82 Å². The monoisotopic (exact) mass is 343 g/mol. The lowest BCUT2D eigenvalue weighted by atomic mass is 10.1. The first-order chi connectivity index (χ1) is 12.1. The molecule has 3 heterocycles. The number of carbonyl (C=O) groups is 1. The highest BCUT2D eigenvalue weighted by molar-refractivity contribution is 5.79. The molecule has 25 heavy (non-hydrogen) atoms. The molecule has 0 bridgehead atoms. The minimum Gasteiger partial charge on any atom is -0.332 e. The van der Waals surface area contributed by atoms with Crippen LogP contribution in [0.25, 0.3) is 0 Å². The summed E-state index contributed by atoms with van der Waals surface area (Å²) in [6.45, 7) is 3.37. The van der Waals surface area contributed by atoms with Gasteiger partial charge in [0.1, 0.15) is 11.6 Å². The number of amides is 1. The Kier molecular flexibility index (Phi) is 4.25. The van der Waals surface area contributed by atoms with Crippen LogP contribution in [0.5, 0.6) is 0 Å². The van der Waals surface area contributed by atoms with E-state index >= 15 is 0 Å². The number of rotatable bonds is 3. The van der Waals surface area contributed by atoms with Gasteiger partial charge in [0.05, 0.1) is 19.0 Å². The predicted octanol–water partition coefficient (Wildman–Crippen LogP) is 1.77. The Morgan fingerprint density at radius 2 is 2.00 bits per heavy atom. The van der Waals surface area contributed by atoms with Gasteiger partial charge >= 0.3 is 0 Å². The molecule has 4 rings (SSSR count). The van der Waals surface area contributed by atoms with E-state index in [9.17, 15) is 9.18 Å². The summed E-state index contributed by atoms with van der Waals surface area (Å²) < 4.78 is 15.2. The van der Waals surface area contributed by atoms with Crippen LogP contribution in [-0.2, 0) is 24.3 Å². The van der Waals surface area contributed by atoms with Crippen molar-refractivity contribution in [1.29, 1.82) is 0 Å². The van der Waals surface area contributed by atoms with Crippen LogP contribution in [0.2, 0.25) is 0 Å². The fraction of sp³-hybridized carbons (Fsp3) is 0.500. The van der Waals surface area contributed by atoms with Crippen LogP contribution >= 0.6 is 0 Å². The van der Waals surface area contributed by atoms with Gasteiger partial charge in [0.25, 0.3) is 0 Å². The number of fused-ring (bicyclic) bond motifs is 1. The van der Waals surface area contributed by atoms with Crippen LogP contribution in [0.15, 0.2) is 24.3 Å². The number of likely N-dealkylation sites (N-methyl/N-ethyl adjacent to an activating group) is 1. The van der Waals surface area contributed by atoms with Gasteiger partial charge < -0.3 is 9.47 Å². The Bertz CT molecular complexity index is 772. The minimum atomic E-state index is -0.282. The molecule has 132 valence electrons. The second-order valence-corrected chi connectivity index (χ2v) is 6.91. The summed E-state index contributed by atoms with van der Waals surface area (Å²) in [6.07, 6.45) is 2.19. The Labute approximate surface area is 146 Å². The van der Waals surface area contributed by atoms with Gasteiger partial charge in [-0.2, -0.15) is 0 Å². The van der Waals surface area contributed by atoms with Gasteiger partial charge in [0.2, 0.25) is 5.91 Å². The summed E-state index contributed by atoms with van der Waals surface area (Å²) in [4.78, 5) is 16.9. The maximum Gasteiger partial charge on any atom is 0.227 e. The zero-order chi connectivity index (χ0) is 17.4. The van der Waals surface area contributed by atoms with Crippen LogP contribution in [-0.4, -0.2) is 50.6 Å². The summed E-state index contributed by atoms with van der Waals surface area (Å²) >= 11 is 0. The molecule has 0 N–H and O–H groups in total. The molecule has 0 spiro atoms. The van der Waals surface area contributed by atoms with Crippen molar-refractivity contribution in [3.05, 3.63) is 47.3 Å². The molecule has 0 aliphatic carbocycles. The molecule has 2 aromatic rings. The molecule has 1 aromatic heterocycles. The number of benzene rings is 1. The number of likely N-dealkylation sites (tertiary alicyclic amines) is 1. The Hall–Kier alpha value is -2.28. The molecule has 1 fully saturated rings. The van der Waals surface area contributed by atoms with Gasteiger partial charge in [-0.15, -0.1) is 10.2 Å². The fourth-order valence-corrected chi connectivity index (χ4v) is 3.76. The quantitative estimate of drug-likeness (QED) is 0.852.